The summed E-state index contributed by atoms with van der Waals surface area (Å²) >= 11 is 1.12. The summed E-state index contributed by atoms with van der Waals surface area (Å²) in [6.07, 6.45) is 0. The van der Waals surface area contributed by atoms with Gasteiger partial charge in [-0.25, -0.2) is 9.78 Å². The molecule has 0 bridgehead atoms. The van der Waals surface area contributed by atoms with Crippen LogP contribution in [0.2, 0.25) is 0 Å². The fourth-order valence-corrected chi connectivity index (χ4v) is 2.67. The molecule has 1 aromatic heterocycles. The van der Waals surface area contributed by atoms with Gasteiger partial charge in [-0.05, 0) is 12.5 Å². The number of ketones is 1. The van der Waals surface area contributed by atoms with Crippen LogP contribution in [0.15, 0.2) is 24.3 Å². The van der Waals surface area contributed by atoms with E-state index in [1.807, 2.05) is 31.2 Å². The summed E-state index contributed by atoms with van der Waals surface area (Å²) in [5, 5.41) is 9.60. The van der Waals surface area contributed by atoms with Crippen LogP contribution in [-0.2, 0) is 0 Å². The highest BCUT2D eigenvalue weighted by atomic mass is 32.1. The summed E-state index contributed by atoms with van der Waals surface area (Å²) in [5.74, 6) is -1.44. The molecule has 0 aliphatic heterocycles. The number of carbonyl (C=O) groups is 2. The number of benzene rings is 1. The van der Waals surface area contributed by atoms with E-state index in [1.165, 1.54) is 6.92 Å². The van der Waals surface area contributed by atoms with Crippen molar-refractivity contribution in [1.82, 2.24) is 4.98 Å². The molecule has 0 aliphatic rings. The first-order valence-corrected chi connectivity index (χ1v) is 6.13. The molecule has 92 valence electrons. The number of aryl methyl sites for hydroxylation is 1. The number of hydrogen-bond acceptors (Lipinski definition) is 4. The maximum Gasteiger partial charge on any atom is 0.356 e. The van der Waals surface area contributed by atoms with Crippen molar-refractivity contribution >= 4 is 23.1 Å². The fourth-order valence-electron chi connectivity index (χ4n) is 1.63. The van der Waals surface area contributed by atoms with Crippen molar-refractivity contribution < 1.29 is 14.7 Å². The van der Waals surface area contributed by atoms with E-state index in [4.69, 9.17) is 5.11 Å². The van der Waals surface area contributed by atoms with Gasteiger partial charge < -0.3 is 5.11 Å². The average molecular weight is 261 g/mol. The Labute approximate surface area is 108 Å². The topological polar surface area (TPSA) is 67.3 Å². The lowest BCUT2D eigenvalue weighted by atomic mass is 10.1. The molecule has 2 rings (SSSR count). The zero-order chi connectivity index (χ0) is 13.3. The van der Waals surface area contributed by atoms with Crippen LogP contribution in [0.5, 0.6) is 0 Å². The number of rotatable bonds is 3. The Morgan fingerprint density at radius 1 is 1.28 bits per heavy atom. The standard InChI is InChI=1S/C13H11NO3S/c1-7-5-3-4-6-9(7)12-14-10(13(16)17)11(18-12)8(2)15/h3-6H,1-2H3,(H,16,17). The van der Waals surface area contributed by atoms with Gasteiger partial charge in [0.2, 0.25) is 0 Å². The number of hydrogen-bond donors (Lipinski definition) is 1. The number of nitrogens with zero attached hydrogens (tertiary/aromatic N) is 1. The summed E-state index contributed by atoms with van der Waals surface area (Å²) in [4.78, 5) is 26.7. The molecule has 0 unspecified atom stereocenters. The van der Waals surface area contributed by atoms with Crippen molar-refractivity contribution in [3.05, 3.63) is 40.4 Å². The lowest BCUT2D eigenvalue weighted by Crippen LogP contribution is -2.03. The fraction of sp³-hybridized carbons (Fsp3) is 0.154. The molecule has 4 nitrogen and oxygen atoms in total. The molecule has 0 spiro atoms. The zero-order valence-corrected chi connectivity index (χ0v) is 10.7. The molecule has 0 aliphatic carbocycles. The summed E-state index contributed by atoms with van der Waals surface area (Å²) in [7, 11) is 0. The van der Waals surface area contributed by atoms with E-state index in [2.05, 4.69) is 4.98 Å². The smallest absolute Gasteiger partial charge is 0.356 e. The minimum Gasteiger partial charge on any atom is -0.476 e. The van der Waals surface area contributed by atoms with Crippen molar-refractivity contribution in [2.45, 2.75) is 13.8 Å². The Bertz CT molecular complexity index is 599. The molecule has 18 heavy (non-hydrogen) atoms. The maximum atomic E-state index is 11.4. The largest absolute Gasteiger partial charge is 0.476 e. The van der Waals surface area contributed by atoms with Gasteiger partial charge in [-0.2, -0.15) is 0 Å². The molecule has 1 N–H and O–H groups in total. The first-order valence-electron chi connectivity index (χ1n) is 5.31. The Morgan fingerprint density at radius 2 is 1.94 bits per heavy atom. The first-order chi connectivity index (χ1) is 8.50. The molecular weight excluding hydrogens is 250 g/mol. The van der Waals surface area contributed by atoms with E-state index >= 15 is 0 Å². The predicted octanol–water partition coefficient (Wildman–Crippen LogP) is 3.02. The van der Waals surface area contributed by atoms with E-state index in [0.717, 1.165) is 22.5 Å². The lowest BCUT2D eigenvalue weighted by molar-refractivity contribution is 0.0687. The molecule has 0 fully saturated rings. The molecule has 0 radical (unpaired) electrons. The lowest BCUT2D eigenvalue weighted by Gasteiger charge is -1.99. The number of thiazole rings is 1. The quantitative estimate of drug-likeness (QED) is 0.862. The van der Waals surface area contributed by atoms with Crippen LogP contribution < -0.4 is 0 Å². The number of carboxylic acids is 1. The molecule has 1 heterocycles. The third-order valence-corrected chi connectivity index (χ3v) is 3.71. The third kappa shape index (κ3) is 2.17. The Morgan fingerprint density at radius 3 is 2.44 bits per heavy atom. The second-order valence-corrected chi connectivity index (χ2v) is 4.87. The second-order valence-electron chi connectivity index (χ2n) is 3.87. The maximum absolute atomic E-state index is 11.4. The third-order valence-electron chi connectivity index (χ3n) is 2.52. The predicted molar refractivity (Wildman–Crippen MR) is 69.3 cm³/mol. The molecule has 5 heteroatoms. The highest BCUT2D eigenvalue weighted by Gasteiger charge is 2.21. The van der Waals surface area contributed by atoms with Crippen LogP contribution in [0.3, 0.4) is 0 Å². The molecule has 0 amide bonds. The van der Waals surface area contributed by atoms with Gasteiger partial charge in [-0.1, -0.05) is 24.3 Å². The van der Waals surface area contributed by atoms with E-state index in [-0.39, 0.29) is 16.4 Å². The SMILES string of the molecule is CC(=O)c1sc(-c2ccccc2C)nc1C(=O)O. The minimum atomic E-state index is -1.17. The summed E-state index contributed by atoms with van der Waals surface area (Å²) in [5.41, 5.74) is 1.70. The second kappa shape index (κ2) is 4.70. The zero-order valence-electron chi connectivity index (χ0n) is 9.93. The van der Waals surface area contributed by atoms with Crippen molar-refractivity contribution in [3.8, 4) is 10.6 Å². The Balaban J connectivity index is 2.61. The number of aromatic carboxylic acids is 1. The Kier molecular flexibility index (Phi) is 3.25. The summed E-state index contributed by atoms with van der Waals surface area (Å²) in [6.45, 7) is 3.27. The van der Waals surface area contributed by atoms with E-state index in [1.54, 1.807) is 0 Å². The average Bonchev–Trinajstić information content (AvgIpc) is 2.74. The molecule has 2 aromatic rings. The van der Waals surface area contributed by atoms with Crippen LogP contribution in [0, 0.1) is 6.92 Å². The van der Waals surface area contributed by atoms with Gasteiger partial charge in [0.1, 0.15) is 9.88 Å². The van der Waals surface area contributed by atoms with Gasteiger partial charge in [0, 0.05) is 12.5 Å². The van der Waals surface area contributed by atoms with Crippen LogP contribution in [0.4, 0.5) is 0 Å². The van der Waals surface area contributed by atoms with Crippen LogP contribution in [0.25, 0.3) is 10.6 Å². The number of carbonyl (C=O) groups excluding carboxylic acids is 1. The minimum absolute atomic E-state index is 0.161. The molecular formula is C13H11NO3S. The van der Waals surface area contributed by atoms with Crippen molar-refractivity contribution in [1.29, 1.82) is 0 Å². The number of aromatic nitrogens is 1. The van der Waals surface area contributed by atoms with Gasteiger partial charge in [0.15, 0.2) is 11.5 Å². The van der Waals surface area contributed by atoms with Crippen LogP contribution in [-0.4, -0.2) is 21.8 Å². The summed E-state index contributed by atoms with van der Waals surface area (Å²) < 4.78 is 0. The van der Waals surface area contributed by atoms with E-state index < -0.39 is 5.97 Å². The molecule has 0 saturated heterocycles. The van der Waals surface area contributed by atoms with Crippen LogP contribution in [0.1, 0.15) is 32.6 Å². The van der Waals surface area contributed by atoms with Crippen LogP contribution >= 0.6 is 11.3 Å². The van der Waals surface area contributed by atoms with Gasteiger partial charge in [-0.15, -0.1) is 11.3 Å². The number of carboxylic acid groups (broad SMARTS) is 1. The van der Waals surface area contributed by atoms with Crippen molar-refractivity contribution in [2.75, 3.05) is 0 Å². The van der Waals surface area contributed by atoms with Gasteiger partial charge >= 0.3 is 5.97 Å². The van der Waals surface area contributed by atoms with E-state index in [0.29, 0.717) is 5.01 Å². The highest BCUT2D eigenvalue weighted by molar-refractivity contribution is 7.17. The Hall–Kier alpha value is -2.01. The van der Waals surface area contributed by atoms with Crippen molar-refractivity contribution in [2.24, 2.45) is 0 Å². The van der Waals surface area contributed by atoms with Gasteiger partial charge in [0.25, 0.3) is 0 Å². The normalized spacial score (nSPS) is 10.3. The highest BCUT2D eigenvalue weighted by Crippen LogP contribution is 2.30. The summed E-state index contributed by atoms with van der Waals surface area (Å²) in [6, 6.07) is 7.54. The monoisotopic (exact) mass is 261 g/mol. The van der Waals surface area contributed by atoms with Gasteiger partial charge in [0.05, 0.1) is 0 Å². The number of Topliss-reactive ketones (excluding diaryl/α,β-unsaturated/α-hetero) is 1. The molecule has 1 aromatic carbocycles. The first kappa shape index (κ1) is 12.4. The van der Waals surface area contributed by atoms with E-state index in [9.17, 15) is 9.59 Å². The van der Waals surface area contributed by atoms with Gasteiger partial charge in [-0.3, -0.25) is 4.79 Å². The van der Waals surface area contributed by atoms with Crippen molar-refractivity contribution in [3.63, 3.8) is 0 Å². The molecule has 0 saturated carbocycles. The molecule has 0 atom stereocenters.